The Labute approximate surface area is 191 Å². The molecule has 6 nitrogen and oxygen atoms in total. The molecule has 2 aromatic heterocycles. The van der Waals surface area contributed by atoms with Crippen molar-refractivity contribution in [2.75, 3.05) is 0 Å². The van der Waals surface area contributed by atoms with E-state index in [0.29, 0.717) is 29.0 Å². The second-order valence-corrected chi connectivity index (χ2v) is 11.9. The van der Waals surface area contributed by atoms with Gasteiger partial charge in [-0.25, -0.2) is 8.42 Å². The van der Waals surface area contributed by atoms with E-state index in [-0.39, 0.29) is 34.0 Å². The van der Waals surface area contributed by atoms with Crippen LogP contribution in [0.4, 0.5) is 0 Å². The Bertz CT molecular complexity index is 1310. The summed E-state index contributed by atoms with van der Waals surface area (Å²) in [5.41, 5.74) is 2.49. The van der Waals surface area contributed by atoms with E-state index >= 15 is 0 Å². The zero-order valence-electron chi connectivity index (χ0n) is 18.2. The normalized spacial score (nSPS) is 15.5. The molecule has 0 spiro atoms. The number of carboxylic acid groups (broad SMARTS) is 1. The van der Waals surface area contributed by atoms with Gasteiger partial charge in [-0.05, 0) is 47.9 Å². The number of carbonyl (C=O) groups excluding carboxylic acids is 1. The van der Waals surface area contributed by atoms with Crippen LogP contribution in [0.3, 0.4) is 0 Å². The molecule has 2 heterocycles. The molecule has 1 aliphatic carbocycles. The minimum Gasteiger partial charge on any atom is -0.480 e. The van der Waals surface area contributed by atoms with Crippen LogP contribution in [0, 0.1) is 12.3 Å². The fourth-order valence-corrected chi connectivity index (χ4v) is 7.29. The number of thiophene rings is 1. The van der Waals surface area contributed by atoms with Crippen LogP contribution >= 0.6 is 11.3 Å². The molecular formula is C24H25NO5S2. The van der Waals surface area contributed by atoms with Crippen molar-refractivity contribution in [1.29, 1.82) is 0 Å². The predicted molar refractivity (Wildman–Crippen MR) is 122 cm³/mol. The van der Waals surface area contributed by atoms with Gasteiger partial charge in [0.15, 0.2) is 5.78 Å². The van der Waals surface area contributed by atoms with Crippen LogP contribution in [-0.4, -0.2) is 29.8 Å². The third-order valence-corrected chi connectivity index (χ3v) is 8.90. The molecule has 8 heteroatoms. The number of fused-ring (bicyclic) bond motifs is 1. The SMILES string of the molecule is Cc1c(Cc2sccc2S(=O)(=O)c2ccccc2)c2c(n1CC(=O)O)CC(C)(C)CC2=O. The summed E-state index contributed by atoms with van der Waals surface area (Å²) in [6, 6.07) is 9.88. The molecule has 0 bridgehead atoms. The van der Waals surface area contributed by atoms with Gasteiger partial charge in [0.05, 0.1) is 9.79 Å². The fourth-order valence-electron chi connectivity index (χ4n) is 4.56. The number of rotatable bonds is 6. The first kappa shape index (κ1) is 22.5. The summed E-state index contributed by atoms with van der Waals surface area (Å²) < 4.78 is 28.2. The zero-order chi connectivity index (χ0) is 23.3. The van der Waals surface area contributed by atoms with Crippen molar-refractivity contribution < 1.29 is 23.1 Å². The Balaban J connectivity index is 1.83. The number of aromatic nitrogens is 1. The molecule has 4 rings (SSSR count). The summed E-state index contributed by atoms with van der Waals surface area (Å²) in [5, 5.41) is 11.2. The van der Waals surface area contributed by atoms with Gasteiger partial charge in [0.1, 0.15) is 6.54 Å². The van der Waals surface area contributed by atoms with Crippen LogP contribution < -0.4 is 0 Å². The lowest BCUT2D eigenvalue weighted by Gasteiger charge is -2.30. The van der Waals surface area contributed by atoms with Crippen molar-refractivity contribution in [3.05, 3.63) is 69.2 Å². The Morgan fingerprint density at radius 1 is 1.16 bits per heavy atom. The Hall–Kier alpha value is -2.71. The minimum atomic E-state index is -3.70. The Kier molecular flexibility index (Phi) is 5.63. The van der Waals surface area contributed by atoms with Gasteiger partial charge in [0.25, 0.3) is 0 Å². The lowest BCUT2D eigenvalue weighted by atomic mass is 9.75. The van der Waals surface area contributed by atoms with E-state index in [1.807, 2.05) is 20.8 Å². The Morgan fingerprint density at radius 2 is 1.84 bits per heavy atom. The van der Waals surface area contributed by atoms with Gasteiger partial charge in [-0.1, -0.05) is 32.0 Å². The number of aliphatic carboxylic acids is 1. The number of hydrogen-bond donors (Lipinski definition) is 1. The fraction of sp³-hybridized carbons (Fsp3) is 0.333. The topological polar surface area (TPSA) is 93.4 Å². The second kappa shape index (κ2) is 8.01. The van der Waals surface area contributed by atoms with E-state index in [0.717, 1.165) is 11.3 Å². The van der Waals surface area contributed by atoms with Crippen molar-refractivity contribution in [2.45, 2.75) is 56.4 Å². The molecule has 3 aromatic rings. The summed E-state index contributed by atoms with van der Waals surface area (Å²) in [6.45, 7) is 5.60. The average Bonchev–Trinajstić information content (AvgIpc) is 3.27. The third-order valence-electron chi connectivity index (χ3n) is 6.00. The number of benzene rings is 1. The summed E-state index contributed by atoms with van der Waals surface area (Å²) in [7, 11) is -3.70. The van der Waals surface area contributed by atoms with E-state index < -0.39 is 15.8 Å². The van der Waals surface area contributed by atoms with Gasteiger partial charge in [0.2, 0.25) is 9.84 Å². The first-order chi connectivity index (χ1) is 15.0. The largest absolute Gasteiger partial charge is 0.480 e. The van der Waals surface area contributed by atoms with Crippen LogP contribution in [0.5, 0.6) is 0 Å². The lowest BCUT2D eigenvalue weighted by Crippen LogP contribution is -2.29. The number of carboxylic acids is 1. The van der Waals surface area contributed by atoms with Crippen LogP contribution in [0.2, 0.25) is 0 Å². The van der Waals surface area contributed by atoms with Crippen LogP contribution in [0.15, 0.2) is 51.6 Å². The minimum absolute atomic E-state index is 0.0116. The van der Waals surface area contributed by atoms with Crippen molar-refractivity contribution in [3.8, 4) is 0 Å². The van der Waals surface area contributed by atoms with E-state index in [1.54, 1.807) is 46.3 Å². The first-order valence-corrected chi connectivity index (χ1v) is 12.7. The predicted octanol–water partition coefficient (Wildman–Crippen LogP) is 4.52. The summed E-state index contributed by atoms with van der Waals surface area (Å²) in [6.07, 6.45) is 1.25. The third kappa shape index (κ3) is 3.93. The average molecular weight is 472 g/mol. The van der Waals surface area contributed by atoms with Gasteiger partial charge < -0.3 is 9.67 Å². The number of hydrogen-bond acceptors (Lipinski definition) is 5. The van der Waals surface area contributed by atoms with Gasteiger partial charge in [0, 0.05) is 34.7 Å². The molecule has 32 heavy (non-hydrogen) atoms. The number of ketones is 1. The molecule has 0 saturated carbocycles. The highest BCUT2D eigenvalue weighted by Gasteiger charge is 2.37. The molecule has 0 amide bonds. The highest BCUT2D eigenvalue weighted by atomic mass is 32.2. The van der Waals surface area contributed by atoms with Crippen LogP contribution in [0.25, 0.3) is 0 Å². The molecular weight excluding hydrogens is 446 g/mol. The lowest BCUT2D eigenvalue weighted by molar-refractivity contribution is -0.137. The maximum absolute atomic E-state index is 13.2. The van der Waals surface area contributed by atoms with E-state index in [2.05, 4.69) is 0 Å². The van der Waals surface area contributed by atoms with Gasteiger partial charge >= 0.3 is 5.97 Å². The standard InChI is InChI=1S/C24H25NO5S2/c1-15-17(23-18(25(15)14-22(27)28)12-24(2,3)13-19(23)26)11-20-21(9-10-31-20)32(29,30)16-7-5-4-6-8-16/h4-10H,11-14H2,1-3H3,(H,27,28). The molecule has 0 saturated heterocycles. The quantitative estimate of drug-likeness (QED) is 0.570. The Morgan fingerprint density at radius 3 is 2.50 bits per heavy atom. The smallest absolute Gasteiger partial charge is 0.323 e. The van der Waals surface area contributed by atoms with Gasteiger partial charge in [-0.3, -0.25) is 9.59 Å². The highest BCUT2D eigenvalue weighted by molar-refractivity contribution is 7.91. The molecule has 1 N–H and O–H groups in total. The van der Waals surface area contributed by atoms with E-state index in [4.69, 9.17) is 0 Å². The molecule has 1 aromatic carbocycles. The number of sulfone groups is 1. The molecule has 0 fully saturated rings. The second-order valence-electron chi connectivity index (χ2n) is 9.01. The molecule has 1 aliphatic rings. The first-order valence-electron chi connectivity index (χ1n) is 10.3. The maximum atomic E-state index is 13.2. The van der Waals surface area contributed by atoms with Crippen LogP contribution in [-0.2, 0) is 34.0 Å². The number of carbonyl (C=O) groups is 2. The number of nitrogens with zero attached hydrogens (tertiary/aromatic N) is 1. The van der Waals surface area contributed by atoms with E-state index in [1.165, 1.54) is 11.3 Å². The summed E-state index contributed by atoms with van der Waals surface area (Å²) in [5.74, 6) is -0.987. The number of Topliss-reactive ketones (excluding diaryl/α,β-unsaturated/α-hetero) is 1. The molecule has 168 valence electrons. The van der Waals surface area contributed by atoms with Gasteiger partial charge in [-0.15, -0.1) is 11.3 Å². The van der Waals surface area contributed by atoms with Gasteiger partial charge in [-0.2, -0.15) is 0 Å². The summed E-state index contributed by atoms with van der Waals surface area (Å²) >= 11 is 1.33. The molecule has 0 aliphatic heterocycles. The monoisotopic (exact) mass is 471 g/mol. The highest BCUT2D eigenvalue weighted by Crippen LogP contribution is 2.40. The molecule has 0 radical (unpaired) electrons. The maximum Gasteiger partial charge on any atom is 0.323 e. The van der Waals surface area contributed by atoms with Crippen molar-refractivity contribution in [3.63, 3.8) is 0 Å². The molecule has 0 unspecified atom stereocenters. The van der Waals surface area contributed by atoms with Crippen molar-refractivity contribution in [1.82, 2.24) is 4.57 Å². The van der Waals surface area contributed by atoms with Crippen molar-refractivity contribution in [2.24, 2.45) is 5.41 Å². The van der Waals surface area contributed by atoms with Crippen LogP contribution in [0.1, 0.15) is 52.5 Å². The van der Waals surface area contributed by atoms with E-state index in [9.17, 15) is 23.1 Å². The van der Waals surface area contributed by atoms with Crippen molar-refractivity contribution >= 4 is 32.9 Å². The zero-order valence-corrected chi connectivity index (χ0v) is 19.8. The molecule has 0 atom stereocenters. The summed E-state index contributed by atoms with van der Waals surface area (Å²) in [4.78, 5) is 25.8.